The first-order chi connectivity index (χ1) is 26.3. The molecule has 1 fully saturated rings. The number of hydrogen-bond acceptors (Lipinski definition) is 10. The van der Waals surface area contributed by atoms with E-state index in [9.17, 15) is 4.79 Å². The Morgan fingerprint density at radius 1 is 0.889 bits per heavy atom. The molecule has 13 heteroatoms. The summed E-state index contributed by atoms with van der Waals surface area (Å²) in [7, 11) is 0. The molecule has 0 bridgehead atoms. The summed E-state index contributed by atoms with van der Waals surface area (Å²) in [4.78, 5) is 36.1. The van der Waals surface area contributed by atoms with Crippen molar-refractivity contribution in [1.29, 1.82) is 0 Å². The number of piperazine rings is 1. The third kappa shape index (κ3) is 9.39. The molecule has 2 aromatic heterocycles. The molecule has 0 aliphatic carbocycles. The van der Waals surface area contributed by atoms with Gasteiger partial charge >= 0.3 is 5.69 Å². The van der Waals surface area contributed by atoms with E-state index < -0.39 is 5.60 Å². The minimum Gasteiger partial charge on any atom is -0.493 e. The third-order valence-corrected chi connectivity index (χ3v) is 9.72. The molecular weight excluding hydrogens is 685 g/mol. The van der Waals surface area contributed by atoms with Crippen LogP contribution in [-0.4, -0.2) is 81.8 Å². The lowest BCUT2D eigenvalue weighted by Gasteiger charge is -2.37. The Balaban J connectivity index is 0.00000107. The predicted octanol–water partition coefficient (Wildman–Crippen LogP) is 5.43. The zero-order valence-electron chi connectivity index (χ0n) is 31.5. The number of rotatable bonds is 11. The normalized spacial score (nSPS) is 18.5. The summed E-state index contributed by atoms with van der Waals surface area (Å²) in [5, 5.41) is 13.0. The summed E-state index contributed by atoms with van der Waals surface area (Å²) in [6.07, 6.45) is 10.9. The van der Waals surface area contributed by atoms with Crippen LogP contribution in [0.3, 0.4) is 0 Å². The molecule has 4 heterocycles. The van der Waals surface area contributed by atoms with Gasteiger partial charge in [0, 0.05) is 43.5 Å². The molecule has 0 saturated carbocycles. The molecule has 0 N–H and O–H groups in total. The molecule has 1 saturated heterocycles. The van der Waals surface area contributed by atoms with Crippen molar-refractivity contribution in [1.82, 2.24) is 29.3 Å². The zero-order valence-corrected chi connectivity index (χ0v) is 31.5. The van der Waals surface area contributed by atoms with Gasteiger partial charge in [-0.05, 0) is 87.4 Å². The van der Waals surface area contributed by atoms with Crippen LogP contribution in [0.4, 0.5) is 11.4 Å². The van der Waals surface area contributed by atoms with E-state index in [1.165, 1.54) is 18.2 Å². The molecule has 0 spiro atoms. The van der Waals surface area contributed by atoms with Crippen LogP contribution in [0, 0.1) is 12.8 Å². The Labute approximate surface area is 316 Å². The molecule has 0 amide bonds. The molecule has 3 atom stereocenters. The van der Waals surface area contributed by atoms with Gasteiger partial charge in [-0.1, -0.05) is 42.8 Å². The van der Waals surface area contributed by atoms with Crippen LogP contribution in [0.25, 0.3) is 5.69 Å². The maximum absolute atomic E-state index is 12.8. The van der Waals surface area contributed by atoms with E-state index in [1.54, 1.807) is 32.8 Å². The maximum Gasteiger partial charge on any atom is 0.350 e. The van der Waals surface area contributed by atoms with Crippen molar-refractivity contribution in [2.24, 2.45) is 5.92 Å². The van der Waals surface area contributed by atoms with Crippen LogP contribution in [0.15, 0.2) is 108 Å². The van der Waals surface area contributed by atoms with E-state index in [0.29, 0.717) is 19.8 Å². The SMILES string of the molecule is C=O.CC=O.CCC(C)n1ncn(-c2ccc(N3CCN(c4ccc(OCC5C=CC(Cn6nccn6)(c6ccc(C)cc6)OC5)cc4)CC3)cc2)c1=O. The number of aryl methyl sites for hydroxylation is 1. The van der Waals surface area contributed by atoms with Crippen molar-refractivity contribution in [2.45, 2.75) is 52.3 Å². The number of carbonyl (C=O) groups excluding carboxylic acids is 2. The number of anilines is 2. The lowest BCUT2D eigenvalue weighted by molar-refractivity contribution is -0.106. The van der Waals surface area contributed by atoms with Crippen LogP contribution < -0.4 is 20.2 Å². The van der Waals surface area contributed by atoms with E-state index in [0.717, 1.165) is 61.6 Å². The Morgan fingerprint density at radius 2 is 1.44 bits per heavy atom. The molecular formula is C41H50N8O5. The smallest absolute Gasteiger partial charge is 0.350 e. The number of aldehydes is 1. The monoisotopic (exact) mass is 734 g/mol. The highest BCUT2D eigenvalue weighted by Gasteiger charge is 2.36. The maximum atomic E-state index is 12.8. The van der Waals surface area contributed by atoms with Crippen LogP contribution in [0.1, 0.15) is 44.4 Å². The standard InChI is InChI=1S/C38H44N8O3.C2H4O.CH2O/c1-4-30(3)46-37(47)44(28-41-46)35-11-9-33(10-12-35)42-21-23-43(24-22-42)34-13-15-36(16-14-34)48-25-31-17-18-38(49-26-31,27-45-39-19-20-40-45)32-7-5-29(2)6-8-32;1-2-3;1-2/h5-20,28,30-31H,4,21-27H2,1-3H3;2H,1H3;1H2. The second-order valence-corrected chi connectivity index (χ2v) is 13.3. The fraction of sp³-hybridized carbons (Fsp3) is 0.366. The summed E-state index contributed by atoms with van der Waals surface area (Å²) in [5.41, 5.74) is 4.73. The average Bonchev–Trinajstić information content (AvgIpc) is 3.88. The van der Waals surface area contributed by atoms with Crippen molar-refractivity contribution in [2.75, 3.05) is 49.2 Å². The number of benzene rings is 3. The number of carbonyl (C=O) groups is 2. The first-order valence-electron chi connectivity index (χ1n) is 18.2. The Hall–Kier alpha value is -5.82. The van der Waals surface area contributed by atoms with Crippen molar-refractivity contribution in [3.8, 4) is 11.4 Å². The molecule has 5 aromatic rings. The summed E-state index contributed by atoms with van der Waals surface area (Å²) >= 11 is 0. The molecule has 284 valence electrons. The average molecular weight is 735 g/mol. The number of nitrogens with zero attached hydrogens (tertiary/aromatic N) is 8. The van der Waals surface area contributed by atoms with Crippen LogP contribution in [-0.2, 0) is 26.5 Å². The third-order valence-electron chi connectivity index (χ3n) is 9.72. The van der Waals surface area contributed by atoms with Gasteiger partial charge in [-0.15, -0.1) is 0 Å². The van der Waals surface area contributed by atoms with Gasteiger partial charge in [0.05, 0.1) is 43.9 Å². The van der Waals surface area contributed by atoms with Gasteiger partial charge in [0.25, 0.3) is 0 Å². The lowest BCUT2D eigenvalue weighted by atomic mass is 9.89. The number of hydrogen-bond donors (Lipinski definition) is 0. The number of ether oxygens (including phenoxy) is 2. The molecule has 2 aliphatic rings. The number of aromatic nitrogens is 6. The zero-order chi connectivity index (χ0) is 38.5. The first kappa shape index (κ1) is 39.4. The van der Waals surface area contributed by atoms with Crippen molar-refractivity contribution in [3.63, 3.8) is 0 Å². The minimum atomic E-state index is -0.628. The van der Waals surface area contributed by atoms with Crippen LogP contribution in [0.5, 0.6) is 5.75 Å². The van der Waals surface area contributed by atoms with E-state index in [1.807, 2.05) is 25.8 Å². The molecule has 13 nitrogen and oxygen atoms in total. The van der Waals surface area contributed by atoms with E-state index >= 15 is 0 Å². The van der Waals surface area contributed by atoms with E-state index in [2.05, 4.69) is 112 Å². The van der Waals surface area contributed by atoms with Crippen LogP contribution in [0.2, 0.25) is 0 Å². The molecule has 3 aromatic carbocycles. The van der Waals surface area contributed by atoms with Crippen molar-refractivity contribution in [3.05, 3.63) is 125 Å². The largest absolute Gasteiger partial charge is 0.493 e. The van der Waals surface area contributed by atoms with Gasteiger partial charge in [-0.2, -0.15) is 20.1 Å². The Kier molecular flexibility index (Phi) is 13.7. The van der Waals surface area contributed by atoms with Crippen molar-refractivity contribution < 1.29 is 19.1 Å². The van der Waals surface area contributed by atoms with Crippen LogP contribution >= 0.6 is 0 Å². The highest BCUT2D eigenvalue weighted by molar-refractivity contribution is 5.55. The second-order valence-electron chi connectivity index (χ2n) is 13.3. The fourth-order valence-electron chi connectivity index (χ4n) is 6.47. The van der Waals surface area contributed by atoms with Gasteiger partial charge in [0.15, 0.2) is 0 Å². The summed E-state index contributed by atoms with van der Waals surface area (Å²) in [5.74, 6) is 0.982. The topological polar surface area (TPSA) is 130 Å². The van der Waals surface area contributed by atoms with Gasteiger partial charge in [-0.25, -0.2) is 14.0 Å². The first-order valence-corrected chi connectivity index (χ1v) is 18.2. The summed E-state index contributed by atoms with van der Waals surface area (Å²) in [6, 6.07) is 25.1. The molecule has 0 radical (unpaired) electrons. The quantitative estimate of drug-likeness (QED) is 0.128. The summed E-state index contributed by atoms with van der Waals surface area (Å²) < 4.78 is 15.9. The molecule has 3 unspecified atom stereocenters. The fourth-order valence-corrected chi connectivity index (χ4v) is 6.47. The predicted molar refractivity (Wildman–Crippen MR) is 210 cm³/mol. The highest BCUT2D eigenvalue weighted by Crippen LogP contribution is 2.34. The van der Waals surface area contributed by atoms with E-state index in [-0.39, 0.29) is 17.6 Å². The molecule has 54 heavy (non-hydrogen) atoms. The molecule has 7 rings (SSSR count). The minimum absolute atomic E-state index is 0.0752. The van der Waals surface area contributed by atoms with Gasteiger partial charge in [0.2, 0.25) is 0 Å². The van der Waals surface area contributed by atoms with Gasteiger partial charge in [-0.3, -0.25) is 0 Å². The van der Waals surface area contributed by atoms with E-state index in [4.69, 9.17) is 19.1 Å². The van der Waals surface area contributed by atoms with Gasteiger partial charge < -0.3 is 28.9 Å². The molecule has 2 aliphatic heterocycles. The lowest BCUT2D eigenvalue weighted by Crippen LogP contribution is -2.46. The Bertz CT molecular complexity index is 1970. The Morgan fingerprint density at radius 3 is 1.98 bits per heavy atom. The van der Waals surface area contributed by atoms with Gasteiger partial charge in [0.1, 0.15) is 30.8 Å². The van der Waals surface area contributed by atoms with Crippen molar-refractivity contribution >= 4 is 24.5 Å². The summed E-state index contributed by atoms with van der Waals surface area (Å²) in [6.45, 7) is 14.8. The second kappa shape index (κ2) is 18.8. The highest BCUT2D eigenvalue weighted by atomic mass is 16.5.